The van der Waals surface area contributed by atoms with Crippen LogP contribution in [-0.4, -0.2) is 38.8 Å². The Morgan fingerprint density at radius 1 is 0.818 bits per heavy atom. The lowest BCUT2D eigenvalue weighted by atomic mass is 10.1. The molecule has 0 fully saturated rings. The summed E-state index contributed by atoms with van der Waals surface area (Å²) in [6.07, 6.45) is 7.45. The van der Waals surface area contributed by atoms with E-state index in [1.165, 1.54) is 57.3 Å². The average Bonchev–Trinajstić information content (AvgIpc) is 2.54. The molecule has 0 aliphatic rings. The molecule has 0 aliphatic heterocycles. The molecule has 0 aromatic heterocycles. The number of hydrogen-bond donors (Lipinski definition) is 0. The standard InChI is InChI=1S/C19H33NO2/c1-5-13-20(14-6-2)15-9-7-8-10-17-11-12-18(21-3)19(16-17)22-4/h11-12,16H,5-10,13-15H2,1-4H3. The second-order valence-electron chi connectivity index (χ2n) is 5.84. The Hall–Kier alpha value is -1.22. The summed E-state index contributed by atoms with van der Waals surface area (Å²) >= 11 is 0. The van der Waals surface area contributed by atoms with Crippen LogP contribution in [0.15, 0.2) is 18.2 Å². The molecule has 1 aromatic carbocycles. The summed E-state index contributed by atoms with van der Waals surface area (Å²) in [5.41, 5.74) is 1.33. The molecule has 1 aromatic rings. The normalized spacial score (nSPS) is 11.0. The highest BCUT2D eigenvalue weighted by atomic mass is 16.5. The number of methoxy groups -OCH3 is 2. The van der Waals surface area contributed by atoms with Gasteiger partial charge in [0, 0.05) is 0 Å². The summed E-state index contributed by atoms with van der Waals surface area (Å²) in [6, 6.07) is 6.24. The van der Waals surface area contributed by atoms with Gasteiger partial charge in [-0.25, -0.2) is 0 Å². The summed E-state index contributed by atoms with van der Waals surface area (Å²) in [4.78, 5) is 2.59. The van der Waals surface area contributed by atoms with Gasteiger partial charge in [0.2, 0.25) is 0 Å². The van der Waals surface area contributed by atoms with Gasteiger partial charge in [0.25, 0.3) is 0 Å². The summed E-state index contributed by atoms with van der Waals surface area (Å²) in [5.74, 6) is 1.64. The van der Waals surface area contributed by atoms with E-state index in [2.05, 4.69) is 30.9 Å². The zero-order chi connectivity index (χ0) is 16.2. The molecule has 0 saturated heterocycles. The van der Waals surface area contributed by atoms with Gasteiger partial charge in [-0.1, -0.05) is 26.3 Å². The molecule has 3 heteroatoms. The average molecular weight is 307 g/mol. The topological polar surface area (TPSA) is 21.7 Å². The minimum atomic E-state index is 0.807. The zero-order valence-corrected chi connectivity index (χ0v) is 14.9. The molecule has 0 heterocycles. The van der Waals surface area contributed by atoms with Crippen molar-refractivity contribution in [2.45, 2.75) is 52.4 Å². The number of benzene rings is 1. The van der Waals surface area contributed by atoms with Gasteiger partial charge in [0.1, 0.15) is 0 Å². The van der Waals surface area contributed by atoms with Crippen molar-refractivity contribution in [2.24, 2.45) is 0 Å². The minimum Gasteiger partial charge on any atom is -0.493 e. The first-order chi connectivity index (χ1) is 10.7. The molecule has 0 spiro atoms. The molecule has 1 rings (SSSR count). The Bertz CT molecular complexity index is 400. The second kappa shape index (κ2) is 11.4. The maximum absolute atomic E-state index is 5.36. The van der Waals surface area contributed by atoms with E-state index in [-0.39, 0.29) is 0 Å². The van der Waals surface area contributed by atoms with Crippen LogP contribution in [0.3, 0.4) is 0 Å². The molecule has 0 bridgehead atoms. The van der Waals surface area contributed by atoms with Crippen molar-refractivity contribution >= 4 is 0 Å². The van der Waals surface area contributed by atoms with E-state index in [1.807, 2.05) is 6.07 Å². The van der Waals surface area contributed by atoms with E-state index < -0.39 is 0 Å². The van der Waals surface area contributed by atoms with Crippen LogP contribution in [0.5, 0.6) is 11.5 Å². The van der Waals surface area contributed by atoms with Crippen LogP contribution in [0.2, 0.25) is 0 Å². The van der Waals surface area contributed by atoms with Crippen LogP contribution in [0.25, 0.3) is 0 Å². The highest BCUT2D eigenvalue weighted by molar-refractivity contribution is 5.42. The molecule has 3 nitrogen and oxygen atoms in total. The Morgan fingerprint density at radius 3 is 2.09 bits per heavy atom. The summed E-state index contributed by atoms with van der Waals surface area (Å²) in [7, 11) is 3.37. The predicted molar refractivity (Wildman–Crippen MR) is 94.1 cm³/mol. The lowest BCUT2D eigenvalue weighted by Gasteiger charge is -2.20. The highest BCUT2D eigenvalue weighted by Crippen LogP contribution is 2.28. The lowest BCUT2D eigenvalue weighted by molar-refractivity contribution is 0.268. The van der Waals surface area contributed by atoms with Crippen LogP contribution in [0, 0.1) is 0 Å². The van der Waals surface area contributed by atoms with Gasteiger partial charge in [0.15, 0.2) is 11.5 Å². The lowest BCUT2D eigenvalue weighted by Crippen LogP contribution is -2.26. The van der Waals surface area contributed by atoms with Crippen molar-refractivity contribution in [1.82, 2.24) is 4.90 Å². The second-order valence-corrected chi connectivity index (χ2v) is 5.84. The number of unbranched alkanes of at least 4 members (excludes halogenated alkanes) is 2. The Kier molecular flexibility index (Phi) is 9.72. The quantitative estimate of drug-likeness (QED) is 0.529. The van der Waals surface area contributed by atoms with Crippen molar-refractivity contribution < 1.29 is 9.47 Å². The molecule has 0 amide bonds. The monoisotopic (exact) mass is 307 g/mol. The molecular weight excluding hydrogens is 274 g/mol. The van der Waals surface area contributed by atoms with Gasteiger partial charge >= 0.3 is 0 Å². The van der Waals surface area contributed by atoms with Gasteiger partial charge in [-0.2, -0.15) is 0 Å². The van der Waals surface area contributed by atoms with Gasteiger partial charge in [-0.05, 0) is 69.4 Å². The third kappa shape index (κ3) is 6.69. The van der Waals surface area contributed by atoms with Crippen molar-refractivity contribution in [1.29, 1.82) is 0 Å². The summed E-state index contributed by atoms with van der Waals surface area (Å²) in [6.45, 7) is 8.25. The molecule has 0 radical (unpaired) electrons. The Labute approximate surface area is 136 Å². The first-order valence-electron chi connectivity index (χ1n) is 8.68. The fourth-order valence-electron chi connectivity index (χ4n) is 2.85. The molecule has 22 heavy (non-hydrogen) atoms. The van der Waals surface area contributed by atoms with Crippen LogP contribution in [-0.2, 0) is 6.42 Å². The molecular formula is C19H33NO2. The number of ether oxygens (including phenoxy) is 2. The predicted octanol–water partition coefficient (Wildman–Crippen LogP) is 4.54. The van der Waals surface area contributed by atoms with Crippen LogP contribution in [0.1, 0.15) is 51.5 Å². The molecule has 126 valence electrons. The van der Waals surface area contributed by atoms with E-state index in [0.717, 1.165) is 17.9 Å². The van der Waals surface area contributed by atoms with Gasteiger partial charge in [-0.3, -0.25) is 0 Å². The first-order valence-corrected chi connectivity index (χ1v) is 8.68. The smallest absolute Gasteiger partial charge is 0.160 e. The highest BCUT2D eigenvalue weighted by Gasteiger charge is 2.05. The van der Waals surface area contributed by atoms with Crippen molar-refractivity contribution in [3.8, 4) is 11.5 Å². The van der Waals surface area contributed by atoms with Gasteiger partial charge in [0.05, 0.1) is 14.2 Å². The van der Waals surface area contributed by atoms with Crippen molar-refractivity contribution in [3.63, 3.8) is 0 Å². The van der Waals surface area contributed by atoms with E-state index >= 15 is 0 Å². The van der Waals surface area contributed by atoms with Crippen LogP contribution < -0.4 is 9.47 Å². The molecule has 0 N–H and O–H groups in total. The molecule has 0 saturated carbocycles. The maximum Gasteiger partial charge on any atom is 0.160 e. The van der Waals surface area contributed by atoms with Crippen LogP contribution >= 0.6 is 0 Å². The van der Waals surface area contributed by atoms with E-state index in [9.17, 15) is 0 Å². The van der Waals surface area contributed by atoms with Gasteiger partial charge < -0.3 is 14.4 Å². The third-order valence-corrected chi connectivity index (χ3v) is 3.97. The summed E-state index contributed by atoms with van der Waals surface area (Å²) < 4.78 is 10.6. The maximum atomic E-state index is 5.36. The third-order valence-electron chi connectivity index (χ3n) is 3.97. The molecule has 0 unspecified atom stereocenters. The van der Waals surface area contributed by atoms with Crippen molar-refractivity contribution in [3.05, 3.63) is 23.8 Å². The largest absolute Gasteiger partial charge is 0.493 e. The Morgan fingerprint density at radius 2 is 1.50 bits per heavy atom. The molecule has 0 atom stereocenters. The first kappa shape index (κ1) is 18.8. The fourth-order valence-corrected chi connectivity index (χ4v) is 2.85. The zero-order valence-electron chi connectivity index (χ0n) is 14.9. The SMILES string of the molecule is CCCN(CCC)CCCCCc1ccc(OC)c(OC)c1. The van der Waals surface area contributed by atoms with Crippen LogP contribution in [0.4, 0.5) is 0 Å². The minimum absolute atomic E-state index is 0.807. The van der Waals surface area contributed by atoms with E-state index in [1.54, 1.807) is 14.2 Å². The number of rotatable bonds is 12. The fraction of sp³-hybridized carbons (Fsp3) is 0.684. The van der Waals surface area contributed by atoms with E-state index in [4.69, 9.17) is 9.47 Å². The van der Waals surface area contributed by atoms with Gasteiger partial charge in [-0.15, -0.1) is 0 Å². The number of aryl methyl sites for hydroxylation is 1. The number of hydrogen-bond acceptors (Lipinski definition) is 3. The summed E-state index contributed by atoms with van der Waals surface area (Å²) in [5, 5.41) is 0. The van der Waals surface area contributed by atoms with E-state index in [0.29, 0.717) is 0 Å². The Balaban J connectivity index is 2.29. The van der Waals surface area contributed by atoms with Crippen molar-refractivity contribution in [2.75, 3.05) is 33.9 Å². The number of nitrogens with zero attached hydrogens (tertiary/aromatic N) is 1. The molecule has 0 aliphatic carbocycles.